The van der Waals surface area contributed by atoms with Gasteiger partial charge in [0.25, 0.3) is 5.56 Å². The van der Waals surface area contributed by atoms with Gasteiger partial charge in [-0.25, -0.2) is 14.3 Å². The lowest BCUT2D eigenvalue weighted by Crippen LogP contribution is -2.34. The van der Waals surface area contributed by atoms with Gasteiger partial charge < -0.3 is 0 Å². The number of aromatic amines is 1. The Labute approximate surface area is 136 Å². The van der Waals surface area contributed by atoms with Crippen molar-refractivity contribution in [3.8, 4) is 5.69 Å². The van der Waals surface area contributed by atoms with Gasteiger partial charge in [-0.05, 0) is 55.5 Å². The molecule has 3 aromatic rings. The van der Waals surface area contributed by atoms with E-state index in [9.17, 15) is 9.59 Å². The lowest BCUT2D eigenvalue weighted by molar-refractivity contribution is 0.670. The molecule has 1 N–H and O–H groups in total. The summed E-state index contributed by atoms with van der Waals surface area (Å²) in [5.41, 5.74) is 2.02. The molecule has 0 unspecified atom stereocenters. The van der Waals surface area contributed by atoms with Gasteiger partial charge in [0.15, 0.2) is 0 Å². The van der Waals surface area contributed by atoms with E-state index in [1.165, 1.54) is 0 Å². The van der Waals surface area contributed by atoms with E-state index >= 15 is 0 Å². The molecule has 2 aromatic heterocycles. The Morgan fingerprint density at radius 1 is 1.13 bits per heavy atom. The van der Waals surface area contributed by atoms with E-state index in [0.717, 1.165) is 41.5 Å². The van der Waals surface area contributed by atoms with Gasteiger partial charge in [-0.2, -0.15) is 0 Å². The maximum atomic E-state index is 12.8. The SMILES string of the molecule is O=c1[nH]c2nc3c(cc2c(=O)n1-c1cccc(Cl)c1)CCCC3. The van der Waals surface area contributed by atoms with Crippen LogP contribution in [-0.4, -0.2) is 14.5 Å². The molecule has 1 aromatic carbocycles. The Kier molecular flexibility index (Phi) is 3.31. The minimum absolute atomic E-state index is 0.360. The molecule has 5 nitrogen and oxygen atoms in total. The topological polar surface area (TPSA) is 67.8 Å². The van der Waals surface area contributed by atoms with E-state index in [1.54, 1.807) is 24.3 Å². The second kappa shape index (κ2) is 5.35. The van der Waals surface area contributed by atoms with Crippen LogP contribution in [0.5, 0.6) is 0 Å². The standard InChI is InChI=1S/C17H14ClN3O2/c18-11-5-3-6-12(9-11)21-16(22)13-8-10-4-1-2-7-14(10)19-15(13)20-17(21)23/h3,5-6,8-9H,1-2,4,7H2,(H,19,20,23). The summed E-state index contributed by atoms with van der Waals surface area (Å²) in [4.78, 5) is 32.4. The molecule has 0 spiro atoms. The average Bonchev–Trinajstić information content (AvgIpc) is 2.53. The first-order valence-corrected chi connectivity index (χ1v) is 7.95. The molecule has 0 radical (unpaired) electrons. The van der Waals surface area contributed by atoms with Crippen molar-refractivity contribution in [3.05, 3.63) is 67.4 Å². The zero-order chi connectivity index (χ0) is 16.0. The lowest BCUT2D eigenvalue weighted by Gasteiger charge is -2.15. The second-order valence-corrected chi connectivity index (χ2v) is 6.18. The number of fused-ring (bicyclic) bond motifs is 2. The number of halogens is 1. The number of nitrogens with one attached hydrogen (secondary N) is 1. The molecule has 23 heavy (non-hydrogen) atoms. The zero-order valence-corrected chi connectivity index (χ0v) is 13.1. The fourth-order valence-corrected chi connectivity index (χ4v) is 3.30. The third-order valence-corrected chi connectivity index (χ3v) is 4.46. The van der Waals surface area contributed by atoms with Crippen LogP contribution >= 0.6 is 11.6 Å². The predicted octanol–water partition coefficient (Wildman–Crippen LogP) is 2.61. The monoisotopic (exact) mass is 327 g/mol. The van der Waals surface area contributed by atoms with E-state index in [2.05, 4.69) is 9.97 Å². The zero-order valence-electron chi connectivity index (χ0n) is 12.3. The highest BCUT2D eigenvalue weighted by Gasteiger charge is 2.16. The van der Waals surface area contributed by atoms with Crippen LogP contribution in [0.15, 0.2) is 39.9 Å². The van der Waals surface area contributed by atoms with Crippen LogP contribution in [0.2, 0.25) is 5.02 Å². The number of rotatable bonds is 1. The summed E-state index contributed by atoms with van der Waals surface area (Å²) in [5.74, 6) is 0. The van der Waals surface area contributed by atoms with Crippen molar-refractivity contribution in [2.45, 2.75) is 25.7 Å². The highest BCUT2D eigenvalue weighted by molar-refractivity contribution is 6.30. The molecule has 0 fully saturated rings. The molecule has 1 aliphatic rings. The van der Waals surface area contributed by atoms with Gasteiger partial charge in [0.2, 0.25) is 0 Å². The van der Waals surface area contributed by atoms with E-state index in [4.69, 9.17) is 11.6 Å². The highest BCUT2D eigenvalue weighted by Crippen LogP contribution is 2.21. The summed E-state index contributed by atoms with van der Waals surface area (Å²) in [5, 5.41) is 0.905. The Bertz CT molecular complexity index is 1040. The lowest BCUT2D eigenvalue weighted by atomic mass is 9.95. The summed E-state index contributed by atoms with van der Waals surface area (Å²) in [6.07, 6.45) is 4.01. The van der Waals surface area contributed by atoms with Crippen LogP contribution < -0.4 is 11.2 Å². The summed E-state index contributed by atoms with van der Waals surface area (Å²) in [6, 6.07) is 8.55. The minimum atomic E-state index is -0.506. The van der Waals surface area contributed by atoms with Gasteiger partial charge in [0.05, 0.1) is 11.1 Å². The summed E-state index contributed by atoms with van der Waals surface area (Å²) in [7, 11) is 0. The average molecular weight is 328 g/mol. The minimum Gasteiger partial charge on any atom is -0.291 e. The van der Waals surface area contributed by atoms with Gasteiger partial charge in [-0.1, -0.05) is 17.7 Å². The highest BCUT2D eigenvalue weighted by atomic mass is 35.5. The Morgan fingerprint density at radius 2 is 1.96 bits per heavy atom. The van der Waals surface area contributed by atoms with Crippen molar-refractivity contribution >= 4 is 22.6 Å². The summed E-state index contributed by atoms with van der Waals surface area (Å²) < 4.78 is 1.10. The fourth-order valence-electron chi connectivity index (χ4n) is 3.11. The molecule has 0 saturated carbocycles. The number of aryl methyl sites for hydroxylation is 2. The number of H-pyrrole nitrogens is 1. The molecule has 1 aliphatic carbocycles. The number of benzene rings is 1. The van der Waals surface area contributed by atoms with Gasteiger partial charge in [-0.3, -0.25) is 9.78 Å². The van der Waals surface area contributed by atoms with E-state index < -0.39 is 5.69 Å². The molecular formula is C17H14ClN3O2. The quantitative estimate of drug-likeness (QED) is 0.747. The first-order chi connectivity index (χ1) is 11.1. The van der Waals surface area contributed by atoms with Gasteiger partial charge in [-0.15, -0.1) is 0 Å². The molecule has 6 heteroatoms. The van der Waals surface area contributed by atoms with Crippen molar-refractivity contribution in [3.63, 3.8) is 0 Å². The van der Waals surface area contributed by atoms with Crippen molar-refractivity contribution < 1.29 is 0 Å². The smallest absolute Gasteiger partial charge is 0.291 e. The van der Waals surface area contributed by atoms with E-state index in [-0.39, 0.29) is 5.56 Å². The number of nitrogens with zero attached hydrogens (tertiary/aromatic N) is 2. The molecule has 116 valence electrons. The number of hydrogen-bond donors (Lipinski definition) is 1. The molecule has 0 atom stereocenters. The van der Waals surface area contributed by atoms with Crippen LogP contribution in [0.4, 0.5) is 0 Å². The first kappa shape index (κ1) is 14.2. The summed E-state index contributed by atoms with van der Waals surface area (Å²) in [6.45, 7) is 0. The van der Waals surface area contributed by atoms with Crippen LogP contribution in [0.3, 0.4) is 0 Å². The van der Waals surface area contributed by atoms with Crippen molar-refractivity contribution in [1.82, 2.24) is 14.5 Å². The van der Waals surface area contributed by atoms with Gasteiger partial charge in [0, 0.05) is 10.7 Å². The number of pyridine rings is 1. The van der Waals surface area contributed by atoms with Gasteiger partial charge >= 0.3 is 5.69 Å². The molecule has 2 heterocycles. The maximum absolute atomic E-state index is 12.8. The van der Waals surface area contributed by atoms with Crippen molar-refractivity contribution in [2.75, 3.05) is 0 Å². The van der Waals surface area contributed by atoms with Crippen LogP contribution in [-0.2, 0) is 12.8 Å². The molecule has 0 amide bonds. The van der Waals surface area contributed by atoms with Crippen LogP contribution in [0.25, 0.3) is 16.7 Å². The molecular weight excluding hydrogens is 314 g/mol. The maximum Gasteiger partial charge on any atom is 0.334 e. The third kappa shape index (κ3) is 2.37. The Hall–Kier alpha value is -2.40. The molecule has 0 bridgehead atoms. The largest absolute Gasteiger partial charge is 0.334 e. The van der Waals surface area contributed by atoms with Crippen LogP contribution in [0, 0.1) is 0 Å². The van der Waals surface area contributed by atoms with Crippen molar-refractivity contribution in [2.24, 2.45) is 0 Å². The summed E-state index contributed by atoms with van der Waals surface area (Å²) >= 11 is 5.97. The molecule has 4 rings (SSSR count). The normalized spacial score (nSPS) is 14.0. The van der Waals surface area contributed by atoms with E-state index in [1.807, 2.05) is 6.07 Å². The third-order valence-electron chi connectivity index (χ3n) is 4.23. The number of hydrogen-bond acceptors (Lipinski definition) is 3. The Balaban J connectivity index is 2.03. The van der Waals surface area contributed by atoms with Gasteiger partial charge in [0.1, 0.15) is 5.65 Å². The molecule has 0 aliphatic heterocycles. The Morgan fingerprint density at radius 3 is 2.78 bits per heavy atom. The second-order valence-electron chi connectivity index (χ2n) is 5.75. The molecule has 0 saturated heterocycles. The van der Waals surface area contributed by atoms with Crippen LogP contribution in [0.1, 0.15) is 24.1 Å². The predicted molar refractivity (Wildman–Crippen MR) is 89.6 cm³/mol. The first-order valence-electron chi connectivity index (χ1n) is 7.57. The van der Waals surface area contributed by atoms with Crippen molar-refractivity contribution in [1.29, 1.82) is 0 Å². The fraction of sp³-hybridized carbons (Fsp3) is 0.235. The number of aromatic nitrogens is 3. The van der Waals surface area contributed by atoms with E-state index in [0.29, 0.717) is 21.7 Å².